The topological polar surface area (TPSA) is 84.9 Å². The largest absolute Gasteiger partial charge is 0.489 e. The maximum atomic E-state index is 9.26. The zero-order valence-corrected chi connectivity index (χ0v) is 17.0. The molecule has 0 spiro atoms. The van der Waals surface area contributed by atoms with Gasteiger partial charge in [0, 0.05) is 6.07 Å². The molecule has 0 bridgehead atoms. The molecule has 0 radical (unpaired) electrons. The molecule has 0 unspecified atom stereocenters. The Balaban J connectivity index is 1.51. The summed E-state index contributed by atoms with van der Waals surface area (Å²) in [5.74, 6) is 2.22. The van der Waals surface area contributed by atoms with E-state index in [1.54, 1.807) is 0 Å². The van der Waals surface area contributed by atoms with Crippen LogP contribution in [0.25, 0.3) is 0 Å². The second-order valence-corrected chi connectivity index (χ2v) is 7.53. The van der Waals surface area contributed by atoms with E-state index in [-0.39, 0.29) is 13.2 Å². The summed E-state index contributed by atoms with van der Waals surface area (Å²) in [4.78, 5) is 0. The van der Waals surface area contributed by atoms with Gasteiger partial charge in [0.2, 0.25) is 0 Å². The molecular formula is C25H29NO4. The van der Waals surface area contributed by atoms with Crippen LogP contribution in [0.2, 0.25) is 0 Å². The third-order valence-electron chi connectivity index (χ3n) is 4.98. The molecule has 3 aromatic rings. The van der Waals surface area contributed by atoms with E-state index >= 15 is 0 Å². The van der Waals surface area contributed by atoms with Crippen molar-refractivity contribution < 1.29 is 19.7 Å². The molecule has 0 aromatic heterocycles. The lowest BCUT2D eigenvalue weighted by Gasteiger charge is -2.24. The van der Waals surface area contributed by atoms with Crippen LogP contribution in [0.3, 0.4) is 0 Å². The van der Waals surface area contributed by atoms with Crippen molar-refractivity contribution in [1.29, 1.82) is 0 Å². The summed E-state index contributed by atoms with van der Waals surface area (Å²) in [6.45, 7) is 0.0739. The van der Waals surface area contributed by atoms with E-state index in [2.05, 4.69) is 0 Å². The Morgan fingerprint density at radius 1 is 0.733 bits per heavy atom. The van der Waals surface area contributed by atoms with E-state index in [4.69, 9.17) is 15.2 Å². The summed E-state index contributed by atoms with van der Waals surface area (Å²) in [6.07, 6.45) is 2.18. The summed E-state index contributed by atoms with van der Waals surface area (Å²) < 4.78 is 11.8. The number of aryl methyl sites for hydroxylation is 1. The fourth-order valence-corrected chi connectivity index (χ4v) is 3.08. The Labute approximate surface area is 177 Å². The van der Waals surface area contributed by atoms with E-state index in [0.717, 1.165) is 35.5 Å². The number of hydrogen-bond donors (Lipinski definition) is 3. The summed E-state index contributed by atoms with van der Waals surface area (Å²) in [5.41, 5.74) is 7.27. The van der Waals surface area contributed by atoms with Crippen molar-refractivity contribution in [2.24, 2.45) is 5.73 Å². The predicted molar refractivity (Wildman–Crippen MR) is 118 cm³/mol. The Bertz CT molecular complexity index is 893. The van der Waals surface area contributed by atoms with Crippen LogP contribution in [0.15, 0.2) is 78.9 Å². The maximum Gasteiger partial charge on any atom is 0.131 e. The quantitative estimate of drug-likeness (QED) is 0.446. The summed E-state index contributed by atoms with van der Waals surface area (Å²) in [7, 11) is 0. The lowest BCUT2D eigenvalue weighted by molar-refractivity contribution is 0.113. The van der Waals surface area contributed by atoms with Crippen LogP contribution < -0.4 is 15.2 Å². The standard InChI is InChI=1S/C25H29NO4/c26-25(18-27,19-28)15-5-8-20-11-13-22(14-12-20)30-24-10-4-9-23(16-24)29-17-21-6-2-1-3-7-21/h1-4,6-7,9-14,16,27-28H,5,8,15,17-19,26H2. The average molecular weight is 408 g/mol. The Hall–Kier alpha value is -2.86. The van der Waals surface area contributed by atoms with Crippen molar-refractivity contribution in [3.63, 3.8) is 0 Å². The molecule has 5 heteroatoms. The van der Waals surface area contributed by atoms with Crippen molar-refractivity contribution in [2.45, 2.75) is 31.4 Å². The second-order valence-electron chi connectivity index (χ2n) is 7.53. The van der Waals surface area contributed by atoms with Crippen molar-refractivity contribution in [2.75, 3.05) is 13.2 Å². The minimum Gasteiger partial charge on any atom is -0.489 e. The molecule has 3 rings (SSSR count). The van der Waals surface area contributed by atoms with Gasteiger partial charge in [0.05, 0.1) is 18.8 Å². The predicted octanol–water partition coefficient (Wildman–Crippen LogP) is 4.06. The lowest BCUT2D eigenvalue weighted by atomic mass is 9.94. The first-order valence-electron chi connectivity index (χ1n) is 10.1. The summed E-state index contributed by atoms with van der Waals surface area (Å²) in [6, 6.07) is 25.5. The number of hydrogen-bond acceptors (Lipinski definition) is 5. The lowest BCUT2D eigenvalue weighted by Crippen LogP contribution is -2.47. The molecule has 0 aliphatic rings. The van der Waals surface area contributed by atoms with Crippen LogP contribution in [-0.4, -0.2) is 29.0 Å². The van der Waals surface area contributed by atoms with E-state index < -0.39 is 5.54 Å². The number of nitrogens with two attached hydrogens (primary N) is 1. The fourth-order valence-electron chi connectivity index (χ4n) is 3.08. The number of aliphatic hydroxyl groups excluding tert-OH is 2. The van der Waals surface area contributed by atoms with Crippen LogP contribution in [0.1, 0.15) is 24.0 Å². The van der Waals surface area contributed by atoms with E-state index in [1.807, 2.05) is 78.9 Å². The maximum absolute atomic E-state index is 9.26. The molecule has 0 fully saturated rings. The molecule has 0 atom stereocenters. The van der Waals surface area contributed by atoms with Crippen molar-refractivity contribution in [3.05, 3.63) is 90.0 Å². The van der Waals surface area contributed by atoms with Gasteiger partial charge in [0.15, 0.2) is 0 Å². The Morgan fingerprint density at radius 2 is 1.43 bits per heavy atom. The van der Waals surface area contributed by atoms with Crippen LogP contribution in [0, 0.1) is 0 Å². The molecule has 3 aromatic carbocycles. The third kappa shape index (κ3) is 6.59. The SMILES string of the molecule is NC(CO)(CO)CCCc1ccc(Oc2cccc(OCc3ccccc3)c2)cc1. The summed E-state index contributed by atoms with van der Waals surface area (Å²) >= 11 is 0. The van der Waals surface area contributed by atoms with E-state index in [1.165, 1.54) is 0 Å². The molecule has 0 amide bonds. The molecular weight excluding hydrogens is 378 g/mol. The smallest absolute Gasteiger partial charge is 0.131 e. The molecule has 0 heterocycles. The molecule has 158 valence electrons. The van der Waals surface area contributed by atoms with Crippen molar-refractivity contribution in [3.8, 4) is 17.2 Å². The van der Waals surface area contributed by atoms with Gasteiger partial charge in [-0.25, -0.2) is 0 Å². The normalized spacial score (nSPS) is 11.3. The molecule has 0 aliphatic heterocycles. The van der Waals surface area contributed by atoms with E-state index in [0.29, 0.717) is 18.8 Å². The van der Waals surface area contributed by atoms with Gasteiger partial charge in [0.25, 0.3) is 0 Å². The molecule has 0 saturated carbocycles. The molecule has 30 heavy (non-hydrogen) atoms. The molecule has 0 aliphatic carbocycles. The number of benzene rings is 3. The van der Waals surface area contributed by atoms with Gasteiger partial charge >= 0.3 is 0 Å². The zero-order valence-electron chi connectivity index (χ0n) is 17.0. The van der Waals surface area contributed by atoms with E-state index in [9.17, 15) is 10.2 Å². The van der Waals surface area contributed by atoms with Crippen LogP contribution in [-0.2, 0) is 13.0 Å². The summed E-state index contributed by atoms with van der Waals surface area (Å²) in [5, 5.41) is 18.5. The van der Waals surface area contributed by atoms with Gasteiger partial charge in [-0.15, -0.1) is 0 Å². The first kappa shape index (κ1) is 21.8. The minimum absolute atomic E-state index is 0.218. The zero-order chi connectivity index (χ0) is 21.2. The molecule has 0 saturated heterocycles. The third-order valence-corrected chi connectivity index (χ3v) is 4.98. The molecule has 4 N–H and O–H groups in total. The van der Waals surface area contributed by atoms with Crippen LogP contribution >= 0.6 is 0 Å². The minimum atomic E-state index is -0.906. The van der Waals surface area contributed by atoms with Crippen LogP contribution in [0.5, 0.6) is 17.2 Å². The van der Waals surface area contributed by atoms with Gasteiger partial charge in [-0.1, -0.05) is 48.5 Å². The Morgan fingerprint density at radius 3 is 2.13 bits per heavy atom. The highest BCUT2D eigenvalue weighted by Crippen LogP contribution is 2.26. The monoisotopic (exact) mass is 407 g/mol. The number of ether oxygens (including phenoxy) is 2. The highest BCUT2D eigenvalue weighted by Gasteiger charge is 2.22. The van der Waals surface area contributed by atoms with Crippen LogP contribution in [0.4, 0.5) is 0 Å². The van der Waals surface area contributed by atoms with Gasteiger partial charge in [0.1, 0.15) is 23.9 Å². The second kappa shape index (κ2) is 10.8. The van der Waals surface area contributed by atoms with Gasteiger partial charge in [-0.05, 0) is 54.7 Å². The van der Waals surface area contributed by atoms with Gasteiger partial charge < -0.3 is 25.4 Å². The molecule has 5 nitrogen and oxygen atoms in total. The first-order chi connectivity index (χ1) is 14.6. The highest BCUT2D eigenvalue weighted by molar-refractivity contribution is 5.37. The Kier molecular flexibility index (Phi) is 7.85. The first-order valence-corrected chi connectivity index (χ1v) is 10.1. The van der Waals surface area contributed by atoms with Crippen molar-refractivity contribution in [1.82, 2.24) is 0 Å². The van der Waals surface area contributed by atoms with Crippen molar-refractivity contribution >= 4 is 0 Å². The average Bonchev–Trinajstić information content (AvgIpc) is 2.80. The highest BCUT2D eigenvalue weighted by atomic mass is 16.5. The van der Waals surface area contributed by atoms with Gasteiger partial charge in [-0.3, -0.25) is 0 Å². The fraction of sp³-hybridized carbons (Fsp3) is 0.280. The van der Waals surface area contributed by atoms with Gasteiger partial charge in [-0.2, -0.15) is 0 Å². The number of aliphatic hydroxyl groups is 2. The number of rotatable bonds is 11.